The number of aromatic nitrogens is 1. The van der Waals surface area contributed by atoms with E-state index in [0.29, 0.717) is 22.3 Å². The van der Waals surface area contributed by atoms with Gasteiger partial charge in [-0.1, -0.05) is 22.9 Å². The van der Waals surface area contributed by atoms with Gasteiger partial charge < -0.3 is 9.30 Å². The first-order valence-corrected chi connectivity index (χ1v) is 11.8. The smallest absolute Gasteiger partial charge is 0.294 e. The third kappa shape index (κ3) is 4.12. The predicted octanol–water partition coefficient (Wildman–Crippen LogP) is 4.08. The summed E-state index contributed by atoms with van der Waals surface area (Å²) in [6.07, 6.45) is 2.00. The minimum absolute atomic E-state index is 0.137. The number of ether oxygens (including phenoxy) is 1. The van der Waals surface area contributed by atoms with E-state index in [-0.39, 0.29) is 4.21 Å². The number of hydrogen-bond donors (Lipinski definition) is 0. The maximum absolute atomic E-state index is 12.6. The van der Waals surface area contributed by atoms with E-state index in [2.05, 4.69) is 4.40 Å². The Bertz CT molecular complexity index is 1070. The molecule has 0 radical (unpaired) electrons. The normalized spacial score (nSPS) is 13.0. The third-order valence-electron chi connectivity index (χ3n) is 3.41. The highest BCUT2D eigenvalue weighted by molar-refractivity contribution is 7.98. The lowest BCUT2D eigenvalue weighted by Gasteiger charge is -2.04. The average molecular weight is 435 g/mol. The van der Waals surface area contributed by atoms with Gasteiger partial charge in [-0.2, -0.15) is 8.42 Å². The standard InChI is InChI=1S/C15H15ClN2O3S4/c1-21-8-7-18-11-4-3-10(22-2)9-12(11)23-15(18)17-25(19,20)14-6-5-13(16)24-14/h3-6,9H,7-8H2,1-2H3. The molecule has 0 aliphatic carbocycles. The van der Waals surface area contributed by atoms with Crippen LogP contribution in [0.1, 0.15) is 0 Å². The first-order valence-electron chi connectivity index (χ1n) is 7.17. The first-order chi connectivity index (χ1) is 11.9. The second-order valence-electron chi connectivity index (χ2n) is 4.99. The Hall–Kier alpha value is -0.840. The molecule has 10 heteroatoms. The van der Waals surface area contributed by atoms with Crippen LogP contribution in [0.5, 0.6) is 0 Å². The molecule has 3 rings (SSSR count). The van der Waals surface area contributed by atoms with Crippen LogP contribution in [0.2, 0.25) is 4.34 Å². The van der Waals surface area contributed by atoms with Gasteiger partial charge in [0.15, 0.2) is 0 Å². The largest absolute Gasteiger partial charge is 0.383 e. The molecule has 0 aliphatic rings. The van der Waals surface area contributed by atoms with E-state index in [1.165, 1.54) is 17.4 Å². The molecule has 0 atom stereocenters. The van der Waals surface area contributed by atoms with Crippen molar-refractivity contribution in [2.24, 2.45) is 4.40 Å². The molecule has 134 valence electrons. The van der Waals surface area contributed by atoms with Gasteiger partial charge in [0.05, 0.1) is 21.2 Å². The number of halogens is 1. The molecular formula is C15H15ClN2O3S4. The number of thiophene rings is 1. The third-order valence-corrected chi connectivity index (χ3v) is 8.26. The molecule has 0 saturated heterocycles. The molecule has 2 aromatic heterocycles. The zero-order valence-corrected chi connectivity index (χ0v) is 17.5. The number of fused-ring (bicyclic) bond motifs is 1. The van der Waals surface area contributed by atoms with Crippen LogP contribution in [0, 0.1) is 0 Å². The molecule has 3 aromatic rings. The molecular weight excluding hydrogens is 420 g/mol. The van der Waals surface area contributed by atoms with Crippen molar-refractivity contribution in [3.05, 3.63) is 39.5 Å². The maximum atomic E-state index is 12.6. The van der Waals surface area contributed by atoms with E-state index in [1.807, 2.05) is 29.0 Å². The molecule has 0 spiro atoms. The van der Waals surface area contributed by atoms with E-state index in [9.17, 15) is 8.42 Å². The maximum Gasteiger partial charge on any atom is 0.294 e. The van der Waals surface area contributed by atoms with Crippen molar-refractivity contribution in [2.75, 3.05) is 20.0 Å². The zero-order valence-electron chi connectivity index (χ0n) is 13.4. The predicted molar refractivity (Wildman–Crippen MR) is 106 cm³/mol. The van der Waals surface area contributed by atoms with Gasteiger partial charge in [0, 0.05) is 18.6 Å². The lowest BCUT2D eigenvalue weighted by Crippen LogP contribution is -2.19. The molecule has 0 saturated carbocycles. The number of sulfonamides is 1. The van der Waals surface area contributed by atoms with Crippen molar-refractivity contribution in [2.45, 2.75) is 15.6 Å². The van der Waals surface area contributed by atoms with E-state index >= 15 is 0 Å². The van der Waals surface area contributed by atoms with Crippen LogP contribution in [0.25, 0.3) is 10.2 Å². The Morgan fingerprint density at radius 1 is 1.28 bits per heavy atom. The van der Waals surface area contributed by atoms with Crippen molar-refractivity contribution in [1.82, 2.24) is 4.57 Å². The summed E-state index contributed by atoms with van der Waals surface area (Å²) in [5.41, 5.74) is 0.943. The summed E-state index contributed by atoms with van der Waals surface area (Å²) in [5.74, 6) is 0. The Labute approximate surface area is 163 Å². The minimum atomic E-state index is -3.80. The van der Waals surface area contributed by atoms with Crippen LogP contribution in [-0.4, -0.2) is 33.0 Å². The number of rotatable bonds is 6. The number of benzene rings is 1. The van der Waals surface area contributed by atoms with Gasteiger partial charge in [-0.3, -0.25) is 0 Å². The van der Waals surface area contributed by atoms with Crippen LogP contribution >= 0.6 is 46.0 Å². The molecule has 0 amide bonds. The van der Waals surface area contributed by atoms with Gasteiger partial charge in [-0.25, -0.2) is 0 Å². The fraction of sp³-hybridized carbons (Fsp3) is 0.267. The first kappa shape index (κ1) is 18.9. The minimum Gasteiger partial charge on any atom is -0.383 e. The van der Waals surface area contributed by atoms with Crippen molar-refractivity contribution in [1.29, 1.82) is 0 Å². The Balaban J connectivity index is 2.19. The second-order valence-corrected chi connectivity index (χ2v) is 10.4. The Kier molecular flexibility index (Phi) is 5.92. The van der Waals surface area contributed by atoms with Crippen LogP contribution in [0.4, 0.5) is 0 Å². The second kappa shape index (κ2) is 7.81. The lowest BCUT2D eigenvalue weighted by molar-refractivity contribution is 0.187. The molecule has 0 fully saturated rings. The highest BCUT2D eigenvalue weighted by Crippen LogP contribution is 2.28. The summed E-state index contributed by atoms with van der Waals surface area (Å²) >= 11 is 9.85. The van der Waals surface area contributed by atoms with Crippen LogP contribution in [0.15, 0.2) is 43.8 Å². The van der Waals surface area contributed by atoms with E-state index in [4.69, 9.17) is 16.3 Å². The fourth-order valence-corrected chi connectivity index (χ4v) is 6.51. The molecule has 0 bridgehead atoms. The summed E-state index contributed by atoms with van der Waals surface area (Å²) in [5, 5.41) is 0. The summed E-state index contributed by atoms with van der Waals surface area (Å²) in [7, 11) is -2.19. The van der Waals surface area contributed by atoms with Crippen LogP contribution < -0.4 is 4.80 Å². The van der Waals surface area contributed by atoms with E-state index in [1.54, 1.807) is 24.9 Å². The van der Waals surface area contributed by atoms with Gasteiger partial charge in [0.2, 0.25) is 4.80 Å². The highest BCUT2D eigenvalue weighted by Gasteiger charge is 2.17. The molecule has 1 aromatic carbocycles. The number of methoxy groups -OCH3 is 1. The SMILES string of the molecule is COCCn1c(=NS(=O)(=O)c2ccc(Cl)s2)sc2cc(SC)ccc21. The highest BCUT2D eigenvalue weighted by atomic mass is 35.5. The topological polar surface area (TPSA) is 60.7 Å². The van der Waals surface area contributed by atoms with Crippen molar-refractivity contribution in [3.63, 3.8) is 0 Å². The van der Waals surface area contributed by atoms with E-state index in [0.717, 1.165) is 26.4 Å². The lowest BCUT2D eigenvalue weighted by atomic mass is 10.3. The van der Waals surface area contributed by atoms with Crippen molar-refractivity contribution in [3.8, 4) is 0 Å². The molecule has 25 heavy (non-hydrogen) atoms. The Morgan fingerprint density at radius 2 is 2.08 bits per heavy atom. The van der Waals surface area contributed by atoms with Crippen LogP contribution in [0.3, 0.4) is 0 Å². The number of hydrogen-bond acceptors (Lipinski definition) is 6. The Morgan fingerprint density at radius 3 is 2.72 bits per heavy atom. The molecule has 0 unspecified atom stereocenters. The van der Waals surface area contributed by atoms with E-state index < -0.39 is 10.0 Å². The molecule has 2 heterocycles. The van der Waals surface area contributed by atoms with Gasteiger partial charge in [-0.05, 0) is 36.6 Å². The summed E-state index contributed by atoms with van der Waals surface area (Å²) < 4.78 is 37.8. The number of nitrogens with zero attached hydrogens (tertiary/aromatic N) is 2. The van der Waals surface area contributed by atoms with Gasteiger partial charge in [-0.15, -0.1) is 27.5 Å². The molecule has 0 aliphatic heterocycles. The van der Waals surface area contributed by atoms with Crippen LogP contribution in [-0.2, 0) is 21.3 Å². The van der Waals surface area contributed by atoms with Gasteiger partial charge in [0.1, 0.15) is 4.21 Å². The average Bonchev–Trinajstić information content (AvgIpc) is 3.16. The molecule has 0 N–H and O–H groups in total. The summed E-state index contributed by atoms with van der Waals surface area (Å²) in [4.78, 5) is 1.54. The number of thioether (sulfide) groups is 1. The van der Waals surface area contributed by atoms with Gasteiger partial charge >= 0.3 is 0 Å². The van der Waals surface area contributed by atoms with Crippen molar-refractivity contribution >= 4 is 66.3 Å². The van der Waals surface area contributed by atoms with Crippen molar-refractivity contribution < 1.29 is 13.2 Å². The fourth-order valence-electron chi connectivity index (χ4n) is 2.23. The summed E-state index contributed by atoms with van der Waals surface area (Å²) in [6, 6.07) is 9.08. The van der Waals surface area contributed by atoms with Gasteiger partial charge in [0.25, 0.3) is 10.0 Å². The number of thiazole rings is 1. The monoisotopic (exact) mass is 434 g/mol. The summed E-state index contributed by atoms with van der Waals surface area (Å²) in [6.45, 7) is 0.989. The zero-order chi connectivity index (χ0) is 18.0. The molecule has 5 nitrogen and oxygen atoms in total. The quantitative estimate of drug-likeness (QED) is 0.548.